The zero-order valence-electron chi connectivity index (χ0n) is 18.3. The summed E-state index contributed by atoms with van der Waals surface area (Å²) in [5.74, 6) is -6.13. The zero-order valence-corrected chi connectivity index (χ0v) is 18.3. The molecule has 0 aliphatic carbocycles. The Morgan fingerprint density at radius 3 is 2.38 bits per heavy atom. The molecule has 0 saturated heterocycles. The number of amides is 2. The predicted octanol–water partition coefficient (Wildman–Crippen LogP) is -1.79. The molecule has 0 fully saturated rings. The minimum atomic E-state index is -1.80. The first-order chi connectivity index (χ1) is 15.8. The second-order valence-corrected chi connectivity index (χ2v) is 7.64. The highest BCUT2D eigenvalue weighted by Crippen LogP contribution is 2.26. The molecular weight excluding hydrogens is 463 g/mol. The van der Waals surface area contributed by atoms with Gasteiger partial charge in [-0.25, -0.2) is 18.2 Å². The SMILES string of the molecule is CC(=O)N[C@H]1[C@H]([C@H](O)[C@H](O)CO)OC(C(=O)N(C)Cc2cc(F)c(F)cc2F)=C[C@@H]1N=C(N)N. The fraction of sp³-hybridized carbons (Fsp3) is 0.450. The van der Waals surface area contributed by atoms with Gasteiger partial charge in [0.05, 0.1) is 18.7 Å². The van der Waals surface area contributed by atoms with E-state index in [1.807, 2.05) is 0 Å². The Bertz CT molecular complexity index is 988. The highest BCUT2D eigenvalue weighted by molar-refractivity contribution is 5.92. The molecule has 1 aliphatic rings. The first kappa shape index (κ1) is 26.9. The number of nitrogens with zero attached hydrogens (tertiary/aromatic N) is 2. The molecule has 1 heterocycles. The fourth-order valence-corrected chi connectivity index (χ4v) is 3.34. The second-order valence-electron chi connectivity index (χ2n) is 7.64. The lowest BCUT2D eigenvalue weighted by molar-refractivity contribution is -0.140. The molecule has 1 aromatic rings. The van der Waals surface area contributed by atoms with Gasteiger partial charge in [-0.05, 0) is 12.1 Å². The summed E-state index contributed by atoms with van der Waals surface area (Å²) in [4.78, 5) is 29.5. The maximum atomic E-state index is 14.0. The zero-order chi connectivity index (χ0) is 25.7. The van der Waals surface area contributed by atoms with Crippen molar-refractivity contribution >= 4 is 17.8 Å². The number of guanidine groups is 1. The highest BCUT2D eigenvalue weighted by atomic mass is 19.2. The minimum Gasteiger partial charge on any atom is -0.480 e. The number of halogens is 3. The van der Waals surface area contributed by atoms with Gasteiger partial charge in [0.1, 0.15) is 24.1 Å². The normalized spacial score (nSPS) is 21.5. The quantitative estimate of drug-likeness (QED) is 0.140. The molecule has 0 unspecified atom stereocenters. The van der Waals surface area contributed by atoms with Crippen LogP contribution in [0.4, 0.5) is 13.2 Å². The van der Waals surface area contributed by atoms with Crippen molar-refractivity contribution < 1.29 is 42.8 Å². The molecule has 0 saturated carbocycles. The van der Waals surface area contributed by atoms with Crippen molar-refractivity contribution in [3.63, 3.8) is 0 Å². The molecule has 0 spiro atoms. The van der Waals surface area contributed by atoms with Gasteiger partial charge in [0.2, 0.25) is 5.91 Å². The van der Waals surface area contributed by atoms with E-state index in [-0.39, 0.29) is 5.56 Å². The van der Waals surface area contributed by atoms with Crippen LogP contribution in [-0.4, -0.2) is 82.0 Å². The number of likely N-dealkylation sites (N-methyl/N-ethyl adjacent to an activating group) is 1. The Kier molecular flexibility index (Phi) is 8.84. The lowest BCUT2D eigenvalue weighted by Gasteiger charge is -2.39. The van der Waals surface area contributed by atoms with E-state index in [9.17, 15) is 38.1 Å². The van der Waals surface area contributed by atoms with Crippen LogP contribution in [0.5, 0.6) is 0 Å². The van der Waals surface area contributed by atoms with Gasteiger partial charge < -0.3 is 41.7 Å². The third-order valence-corrected chi connectivity index (χ3v) is 4.95. The van der Waals surface area contributed by atoms with Crippen LogP contribution in [0, 0.1) is 17.5 Å². The van der Waals surface area contributed by atoms with Crippen molar-refractivity contribution in [1.29, 1.82) is 0 Å². The van der Waals surface area contributed by atoms with Crippen LogP contribution in [0.15, 0.2) is 29.0 Å². The van der Waals surface area contributed by atoms with Gasteiger partial charge in [-0.2, -0.15) is 0 Å². The number of aliphatic hydroxyl groups is 3. The molecule has 2 rings (SSSR count). The summed E-state index contributed by atoms with van der Waals surface area (Å²) in [5.41, 5.74) is 10.6. The Morgan fingerprint density at radius 1 is 1.21 bits per heavy atom. The third-order valence-electron chi connectivity index (χ3n) is 4.95. The van der Waals surface area contributed by atoms with E-state index in [0.717, 1.165) is 17.9 Å². The number of ether oxygens (including phenoxy) is 1. The molecule has 11 nitrogen and oxygen atoms in total. The van der Waals surface area contributed by atoms with E-state index in [4.69, 9.17) is 16.2 Å². The van der Waals surface area contributed by atoms with E-state index >= 15 is 0 Å². The molecule has 34 heavy (non-hydrogen) atoms. The van der Waals surface area contributed by atoms with Crippen LogP contribution in [0.2, 0.25) is 0 Å². The van der Waals surface area contributed by atoms with Crippen LogP contribution in [0.1, 0.15) is 12.5 Å². The maximum Gasteiger partial charge on any atom is 0.288 e. The smallest absolute Gasteiger partial charge is 0.288 e. The Balaban J connectivity index is 2.42. The molecule has 1 aromatic carbocycles. The number of benzene rings is 1. The number of aliphatic hydroxyl groups excluding tert-OH is 3. The van der Waals surface area contributed by atoms with Crippen molar-refractivity contribution in [1.82, 2.24) is 10.2 Å². The molecule has 8 N–H and O–H groups in total. The molecule has 5 atom stereocenters. The Morgan fingerprint density at radius 2 is 1.82 bits per heavy atom. The summed E-state index contributed by atoms with van der Waals surface area (Å²) in [5, 5.41) is 32.0. The summed E-state index contributed by atoms with van der Waals surface area (Å²) < 4.78 is 46.2. The van der Waals surface area contributed by atoms with Gasteiger partial charge >= 0.3 is 0 Å². The number of carbonyl (C=O) groups excluding carboxylic acids is 2. The van der Waals surface area contributed by atoms with Crippen LogP contribution < -0.4 is 16.8 Å². The minimum absolute atomic E-state index is 0.324. The van der Waals surface area contributed by atoms with Crippen molar-refractivity contribution in [2.75, 3.05) is 13.7 Å². The van der Waals surface area contributed by atoms with Gasteiger partial charge in [-0.15, -0.1) is 0 Å². The fourth-order valence-electron chi connectivity index (χ4n) is 3.34. The number of nitrogens with one attached hydrogen (secondary N) is 1. The molecule has 1 aliphatic heterocycles. The molecule has 0 bridgehead atoms. The van der Waals surface area contributed by atoms with Crippen molar-refractivity contribution in [2.24, 2.45) is 16.5 Å². The molecule has 2 amide bonds. The van der Waals surface area contributed by atoms with E-state index < -0.39 is 84.5 Å². The van der Waals surface area contributed by atoms with Crippen molar-refractivity contribution in [3.05, 3.63) is 47.0 Å². The first-order valence-electron chi connectivity index (χ1n) is 9.95. The number of aliphatic imine (C=N–C) groups is 1. The monoisotopic (exact) mass is 489 g/mol. The number of hydrogen-bond donors (Lipinski definition) is 6. The number of nitrogens with two attached hydrogens (primary N) is 2. The summed E-state index contributed by atoms with van der Waals surface area (Å²) >= 11 is 0. The van der Waals surface area contributed by atoms with Crippen LogP contribution in [-0.2, 0) is 20.9 Å². The van der Waals surface area contributed by atoms with E-state index in [1.54, 1.807) is 0 Å². The van der Waals surface area contributed by atoms with E-state index in [0.29, 0.717) is 12.1 Å². The summed E-state index contributed by atoms with van der Waals surface area (Å²) in [6.45, 7) is -0.201. The van der Waals surface area contributed by atoms with Crippen molar-refractivity contribution in [2.45, 2.75) is 43.9 Å². The predicted molar refractivity (Wildman–Crippen MR) is 112 cm³/mol. The van der Waals surface area contributed by atoms with Gasteiger partial charge in [-0.1, -0.05) is 0 Å². The third kappa shape index (κ3) is 6.36. The molecule has 0 aromatic heterocycles. The van der Waals surface area contributed by atoms with Gasteiger partial charge in [0.15, 0.2) is 23.4 Å². The molecule has 14 heteroatoms. The summed E-state index contributed by atoms with van der Waals surface area (Å²) in [6, 6.07) is -1.37. The topological polar surface area (TPSA) is 184 Å². The average Bonchev–Trinajstić information content (AvgIpc) is 2.76. The molecule has 188 valence electrons. The first-order valence-corrected chi connectivity index (χ1v) is 9.95. The van der Waals surface area contributed by atoms with Crippen molar-refractivity contribution in [3.8, 4) is 0 Å². The largest absolute Gasteiger partial charge is 0.480 e. The van der Waals surface area contributed by atoms with E-state index in [1.165, 1.54) is 7.05 Å². The number of rotatable bonds is 8. The van der Waals surface area contributed by atoms with Crippen LogP contribution in [0.3, 0.4) is 0 Å². The lowest BCUT2D eigenvalue weighted by atomic mass is 9.92. The summed E-state index contributed by atoms with van der Waals surface area (Å²) in [6.07, 6.45) is -3.89. The van der Waals surface area contributed by atoms with Crippen LogP contribution >= 0.6 is 0 Å². The summed E-state index contributed by atoms with van der Waals surface area (Å²) in [7, 11) is 1.22. The Labute approximate surface area is 192 Å². The molecular formula is C20H26F3N5O6. The van der Waals surface area contributed by atoms with Gasteiger partial charge in [-0.3, -0.25) is 9.59 Å². The Hall–Kier alpha value is -3.36. The number of carbonyl (C=O) groups is 2. The highest BCUT2D eigenvalue weighted by Gasteiger charge is 2.44. The molecule has 0 radical (unpaired) electrons. The van der Waals surface area contributed by atoms with Gasteiger partial charge in [0.25, 0.3) is 5.91 Å². The van der Waals surface area contributed by atoms with E-state index in [2.05, 4.69) is 10.3 Å². The number of hydrogen-bond acceptors (Lipinski definition) is 7. The average molecular weight is 489 g/mol. The lowest BCUT2D eigenvalue weighted by Crippen LogP contribution is -2.60. The van der Waals surface area contributed by atoms with Gasteiger partial charge in [0, 0.05) is 32.1 Å². The van der Waals surface area contributed by atoms with Crippen LogP contribution in [0.25, 0.3) is 0 Å². The maximum absolute atomic E-state index is 14.0. The second kappa shape index (κ2) is 11.2. The standard InChI is InChI=1S/C20H26F3N5O6/c1-8(30)26-16-13(27-20(24)25)5-15(34-18(16)17(32)14(31)7-29)19(33)28(2)6-9-3-11(22)12(23)4-10(9)21/h3-5,13-14,16-18,29,31-32H,6-7H2,1-2H3,(H,26,30)(H4,24,25,27)/t13-,14+,16+,17+,18+/m0/s1.